The smallest absolute Gasteiger partial charge is 0.298 e. The molecular formula is C33H34N4O3. The molecule has 0 radical (unpaired) electrons. The molecule has 7 heteroatoms. The largest absolute Gasteiger partial charge is 0.374 e. The van der Waals surface area contributed by atoms with Crippen LogP contribution in [0.3, 0.4) is 0 Å². The highest BCUT2D eigenvalue weighted by molar-refractivity contribution is 5.94. The molecule has 40 heavy (non-hydrogen) atoms. The van der Waals surface area contributed by atoms with Gasteiger partial charge in [-0.05, 0) is 65.0 Å². The predicted molar refractivity (Wildman–Crippen MR) is 154 cm³/mol. The number of carbonyl (C=O) groups excluding carboxylic acids is 2. The SMILES string of the molecule is C=C(NCC#CC(=O)N1CC2CC2C1)C(=O)NCc1ccccc1C(O)NC1(c2ccc3ccccc3c2)CC1. The normalized spacial score (nSPS) is 20.6. The van der Waals surface area contributed by atoms with Gasteiger partial charge in [0.2, 0.25) is 0 Å². The molecule has 3 fully saturated rings. The molecule has 1 heterocycles. The molecule has 3 aromatic rings. The fraction of sp³-hybridized carbons (Fsp3) is 0.333. The van der Waals surface area contributed by atoms with Crippen molar-refractivity contribution in [1.82, 2.24) is 20.9 Å². The van der Waals surface area contributed by atoms with Gasteiger partial charge in [-0.25, -0.2) is 0 Å². The standard InChI is InChI=1S/C33H34N4O3/c1-22(34-16-6-11-30(38)37-20-26-17-27(26)21-37)31(39)35-19-25-9-4-5-10-29(25)32(40)36-33(14-15-33)28-13-12-23-7-2-3-8-24(23)18-28/h2-5,7-10,12-13,18,26-27,32,34,36,40H,1,14-17,19-21H2,(H,35,39). The molecule has 0 spiro atoms. The van der Waals surface area contributed by atoms with Gasteiger partial charge in [-0.1, -0.05) is 73.2 Å². The van der Waals surface area contributed by atoms with Crippen LogP contribution in [0, 0.1) is 23.7 Å². The number of piperidine rings is 1. The van der Waals surface area contributed by atoms with Crippen molar-refractivity contribution in [3.8, 4) is 11.8 Å². The first-order valence-electron chi connectivity index (χ1n) is 13.9. The number of rotatable bonds is 9. The van der Waals surface area contributed by atoms with E-state index in [1.54, 1.807) is 4.90 Å². The van der Waals surface area contributed by atoms with Crippen molar-refractivity contribution in [3.05, 3.63) is 95.7 Å². The zero-order valence-electron chi connectivity index (χ0n) is 22.5. The lowest BCUT2D eigenvalue weighted by molar-refractivity contribution is -0.124. The number of aliphatic hydroxyl groups is 1. The minimum atomic E-state index is -0.891. The Morgan fingerprint density at radius 2 is 1.73 bits per heavy atom. The Labute approximate surface area is 234 Å². The molecule has 3 unspecified atom stereocenters. The van der Waals surface area contributed by atoms with E-state index in [-0.39, 0.29) is 36.1 Å². The molecule has 2 amide bonds. The van der Waals surface area contributed by atoms with E-state index in [2.05, 4.69) is 64.7 Å². The van der Waals surface area contributed by atoms with Gasteiger partial charge >= 0.3 is 0 Å². The van der Waals surface area contributed by atoms with Crippen LogP contribution in [0.5, 0.6) is 0 Å². The fourth-order valence-electron chi connectivity index (χ4n) is 5.71. The van der Waals surface area contributed by atoms with Crippen molar-refractivity contribution >= 4 is 22.6 Å². The molecule has 204 valence electrons. The molecule has 7 nitrogen and oxygen atoms in total. The van der Waals surface area contributed by atoms with Crippen LogP contribution in [0.1, 0.15) is 42.2 Å². The average molecular weight is 535 g/mol. The highest BCUT2D eigenvalue weighted by Gasteiger charge is 2.46. The number of nitrogens with zero attached hydrogens (tertiary/aromatic N) is 1. The molecule has 3 aliphatic rings. The molecule has 4 N–H and O–H groups in total. The van der Waals surface area contributed by atoms with Crippen LogP contribution in [0.15, 0.2) is 79.0 Å². The van der Waals surface area contributed by atoms with Crippen LogP contribution >= 0.6 is 0 Å². The van der Waals surface area contributed by atoms with Crippen LogP contribution in [0.25, 0.3) is 10.8 Å². The van der Waals surface area contributed by atoms with Gasteiger partial charge in [-0.15, -0.1) is 0 Å². The highest BCUT2D eigenvalue weighted by Crippen LogP contribution is 2.47. The minimum Gasteiger partial charge on any atom is -0.374 e. The Bertz CT molecular complexity index is 1520. The zero-order chi connectivity index (χ0) is 27.7. The van der Waals surface area contributed by atoms with Gasteiger partial charge in [0.1, 0.15) is 6.23 Å². The number of likely N-dealkylation sites (tertiary alicyclic amines) is 1. The Hall–Kier alpha value is -4.12. The Balaban J connectivity index is 1.02. The maximum Gasteiger partial charge on any atom is 0.298 e. The highest BCUT2D eigenvalue weighted by atomic mass is 16.3. The molecule has 6 rings (SSSR count). The maximum absolute atomic E-state index is 12.6. The number of carbonyl (C=O) groups is 2. The van der Waals surface area contributed by atoms with E-state index >= 15 is 0 Å². The Morgan fingerprint density at radius 1 is 1.00 bits per heavy atom. The quantitative estimate of drug-likeness (QED) is 0.192. The van der Waals surface area contributed by atoms with Gasteiger partial charge in [0, 0.05) is 30.7 Å². The fourth-order valence-corrected chi connectivity index (χ4v) is 5.71. The second-order valence-electron chi connectivity index (χ2n) is 11.2. The van der Waals surface area contributed by atoms with Gasteiger partial charge in [0.25, 0.3) is 11.8 Å². The van der Waals surface area contributed by atoms with Gasteiger partial charge < -0.3 is 20.6 Å². The summed E-state index contributed by atoms with van der Waals surface area (Å²) in [5.74, 6) is 6.28. The molecule has 1 saturated heterocycles. The lowest BCUT2D eigenvalue weighted by Gasteiger charge is -2.25. The predicted octanol–water partition coefficient (Wildman–Crippen LogP) is 3.31. The molecule has 0 aromatic heterocycles. The number of hydrogen-bond donors (Lipinski definition) is 4. The summed E-state index contributed by atoms with van der Waals surface area (Å²) in [5.41, 5.74) is 2.61. The number of aliphatic hydroxyl groups excluding tert-OH is 1. The number of amides is 2. The summed E-state index contributed by atoms with van der Waals surface area (Å²) >= 11 is 0. The van der Waals surface area contributed by atoms with E-state index in [1.807, 2.05) is 36.4 Å². The number of nitrogens with one attached hydrogen (secondary N) is 3. The summed E-state index contributed by atoms with van der Waals surface area (Å²) in [6, 6.07) is 22.3. The van der Waals surface area contributed by atoms with Gasteiger partial charge in [0.15, 0.2) is 0 Å². The van der Waals surface area contributed by atoms with Crippen LogP contribution < -0.4 is 16.0 Å². The summed E-state index contributed by atoms with van der Waals surface area (Å²) in [6.07, 6.45) is 2.23. The van der Waals surface area contributed by atoms with Crippen LogP contribution in [0.4, 0.5) is 0 Å². The first-order chi connectivity index (χ1) is 19.4. The second kappa shape index (κ2) is 10.8. The van der Waals surface area contributed by atoms with Crippen molar-refractivity contribution < 1.29 is 14.7 Å². The lowest BCUT2D eigenvalue weighted by Crippen LogP contribution is -2.34. The van der Waals surface area contributed by atoms with Crippen molar-refractivity contribution in [1.29, 1.82) is 0 Å². The molecular weight excluding hydrogens is 500 g/mol. The number of hydrogen-bond acceptors (Lipinski definition) is 5. The number of benzene rings is 3. The Morgan fingerprint density at radius 3 is 2.50 bits per heavy atom. The Kier molecular flexibility index (Phi) is 7.05. The van der Waals surface area contributed by atoms with Gasteiger partial charge in [-0.2, -0.15) is 0 Å². The first kappa shape index (κ1) is 26.1. The third-order valence-electron chi connectivity index (χ3n) is 8.38. The van der Waals surface area contributed by atoms with Crippen LogP contribution in [0.2, 0.25) is 0 Å². The third kappa shape index (κ3) is 5.60. The van der Waals surface area contributed by atoms with Gasteiger partial charge in [0.05, 0.1) is 12.2 Å². The molecule has 1 aliphatic heterocycles. The summed E-state index contributed by atoms with van der Waals surface area (Å²) in [5, 5.41) is 22.8. The van der Waals surface area contributed by atoms with Crippen molar-refractivity contribution in [2.45, 2.75) is 37.6 Å². The van der Waals surface area contributed by atoms with Crippen molar-refractivity contribution in [3.63, 3.8) is 0 Å². The van der Waals surface area contributed by atoms with Crippen molar-refractivity contribution in [2.75, 3.05) is 19.6 Å². The molecule has 3 atom stereocenters. The molecule has 2 saturated carbocycles. The van der Waals surface area contributed by atoms with Crippen molar-refractivity contribution in [2.24, 2.45) is 11.8 Å². The first-order valence-corrected chi connectivity index (χ1v) is 13.9. The number of fused-ring (bicyclic) bond motifs is 2. The molecule has 0 bridgehead atoms. The topological polar surface area (TPSA) is 93.7 Å². The maximum atomic E-state index is 12.6. The summed E-state index contributed by atoms with van der Waals surface area (Å²) in [6.45, 7) is 5.83. The molecule has 2 aliphatic carbocycles. The van der Waals surface area contributed by atoms with E-state index in [4.69, 9.17) is 0 Å². The van der Waals surface area contributed by atoms with E-state index in [0.717, 1.165) is 37.1 Å². The van der Waals surface area contributed by atoms with E-state index < -0.39 is 6.23 Å². The van der Waals surface area contributed by atoms with Crippen LogP contribution in [-0.2, 0) is 21.7 Å². The monoisotopic (exact) mass is 534 g/mol. The second-order valence-corrected chi connectivity index (χ2v) is 11.2. The van der Waals surface area contributed by atoms with E-state index in [0.29, 0.717) is 11.8 Å². The third-order valence-corrected chi connectivity index (χ3v) is 8.38. The lowest BCUT2D eigenvalue weighted by atomic mass is 9.99. The van der Waals surface area contributed by atoms with E-state index in [9.17, 15) is 14.7 Å². The zero-order valence-corrected chi connectivity index (χ0v) is 22.5. The summed E-state index contributed by atoms with van der Waals surface area (Å²) in [7, 11) is 0. The van der Waals surface area contributed by atoms with Gasteiger partial charge in [-0.3, -0.25) is 14.9 Å². The molecule has 3 aromatic carbocycles. The summed E-state index contributed by atoms with van der Waals surface area (Å²) < 4.78 is 0. The summed E-state index contributed by atoms with van der Waals surface area (Å²) in [4.78, 5) is 26.6. The average Bonchev–Trinajstić information content (AvgIpc) is 3.90. The van der Waals surface area contributed by atoms with Crippen LogP contribution in [-0.4, -0.2) is 41.5 Å². The minimum absolute atomic E-state index is 0.151. The van der Waals surface area contributed by atoms with E-state index in [1.165, 1.54) is 22.8 Å².